The molecule has 14 heteroatoms. The molecule has 0 saturated carbocycles. The van der Waals surface area contributed by atoms with Crippen LogP contribution < -0.4 is 237 Å². The molecule has 0 heterocycles. The van der Waals surface area contributed by atoms with Crippen molar-refractivity contribution in [1.29, 1.82) is 0 Å². The molecule has 0 amide bonds. The molecule has 0 aliphatic rings. The maximum atomic E-state index is 9.71. The molecule has 0 radical (unpaired) electrons. The molecule has 22 heavy (non-hydrogen) atoms. The van der Waals surface area contributed by atoms with Crippen LogP contribution in [0.15, 0.2) is 0 Å². The van der Waals surface area contributed by atoms with E-state index >= 15 is 0 Å². The number of rotatable bonds is 6. The van der Waals surface area contributed by atoms with Crippen LogP contribution in [0.25, 0.3) is 0 Å². The summed E-state index contributed by atoms with van der Waals surface area (Å²) in [7, 11) is 0. The Bertz CT molecular complexity index is 312. The van der Waals surface area contributed by atoms with Gasteiger partial charge in [-0.3, -0.25) is 0 Å². The van der Waals surface area contributed by atoms with Crippen molar-refractivity contribution in [2.75, 3.05) is 0 Å². The first-order chi connectivity index (χ1) is 8.07. The summed E-state index contributed by atoms with van der Waals surface area (Å²) in [5.74, 6) is -6.16. The zero-order chi connectivity index (χ0) is 14.9. The first-order valence-electron chi connectivity index (χ1n) is 4.40. The maximum Gasteiger partial charge on any atom is 1.00 e. The second kappa shape index (κ2) is 25.3. The predicted octanol–water partition coefficient (Wildman–Crippen LogP) is -19.6. The van der Waals surface area contributed by atoms with Crippen LogP contribution in [-0.2, 0) is 19.2 Å². The quantitative estimate of drug-likeness (QED) is 0.388. The van der Waals surface area contributed by atoms with Crippen LogP contribution >= 0.6 is 0 Å². The van der Waals surface area contributed by atoms with Gasteiger partial charge in [0.1, 0.15) is 0 Å². The molecule has 0 aromatic heterocycles. The van der Waals surface area contributed by atoms with Crippen molar-refractivity contribution < 1.29 is 245 Å². The molecule has 0 spiro atoms. The molecule has 0 bridgehead atoms. The summed E-state index contributed by atoms with van der Waals surface area (Å²) in [4.78, 5) is 38.7. The first-order valence-corrected chi connectivity index (χ1v) is 4.40. The Hall–Kier alpha value is 4.35. The molecule has 0 fully saturated rings. The number of carbonyl (C=O) groups excluding carboxylic acids is 4. The van der Waals surface area contributed by atoms with Crippen molar-refractivity contribution in [3.05, 3.63) is 0 Å². The monoisotopic (exact) mass is 418 g/mol. The number of nitrogens with two attached hydrogens (primary N) is 2. The molecular formula is C8H10K4N2O8. The second-order valence-electron chi connectivity index (χ2n) is 3.00. The third-order valence-electron chi connectivity index (χ3n) is 1.38. The van der Waals surface area contributed by atoms with E-state index in [0.717, 1.165) is 0 Å². The van der Waals surface area contributed by atoms with Gasteiger partial charge in [0, 0.05) is 36.9 Å². The molecule has 10 nitrogen and oxygen atoms in total. The van der Waals surface area contributed by atoms with Crippen LogP contribution in [0.3, 0.4) is 0 Å². The van der Waals surface area contributed by atoms with E-state index in [0.29, 0.717) is 0 Å². The SMILES string of the molecule is N[C@@H](CC(=O)[O-])C(=O)[O-].N[C@@H](CC(=O)[O-])C(=O)[O-].[K+].[K+].[K+].[K+]. The summed E-state index contributed by atoms with van der Waals surface area (Å²) in [6.45, 7) is 0. The Kier molecular flexibility index (Phi) is 47.1. The summed E-state index contributed by atoms with van der Waals surface area (Å²) in [6, 6.07) is -2.93. The van der Waals surface area contributed by atoms with E-state index in [-0.39, 0.29) is 206 Å². The summed E-state index contributed by atoms with van der Waals surface area (Å²) in [5.41, 5.74) is 9.47. The number of carboxylic acid groups (broad SMARTS) is 4. The van der Waals surface area contributed by atoms with E-state index in [1.54, 1.807) is 0 Å². The van der Waals surface area contributed by atoms with Crippen LogP contribution in [0, 0.1) is 0 Å². The average molecular weight is 419 g/mol. The van der Waals surface area contributed by atoms with Crippen molar-refractivity contribution in [2.24, 2.45) is 11.5 Å². The molecule has 4 N–H and O–H groups in total. The van der Waals surface area contributed by atoms with Gasteiger partial charge in [0.05, 0.1) is 11.9 Å². The Morgan fingerprint density at radius 1 is 0.636 bits per heavy atom. The van der Waals surface area contributed by atoms with Gasteiger partial charge in [-0.05, 0) is 0 Å². The van der Waals surface area contributed by atoms with Gasteiger partial charge in [-0.2, -0.15) is 0 Å². The topological polar surface area (TPSA) is 213 Å². The zero-order valence-corrected chi connectivity index (χ0v) is 25.5. The van der Waals surface area contributed by atoms with Crippen molar-refractivity contribution in [3.63, 3.8) is 0 Å². The zero-order valence-electron chi connectivity index (χ0n) is 13.0. The molecule has 0 aromatic carbocycles. The normalized spacial score (nSPS) is 10.3. The number of hydrogen-bond acceptors (Lipinski definition) is 10. The third-order valence-corrected chi connectivity index (χ3v) is 1.38. The molecular weight excluding hydrogens is 408 g/mol. The van der Waals surface area contributed by atoms with Gasteiger partial charge in [0.15, 0.2) is 0 Å². The number of carbonyl (C=O) groups is 4. The number of hydrogen-bond donors (Lipinski definition) is 2. The second-order valence-corrected chi connectivity index (χ2v) is 3.00. The summed E-state index contributed by atoms with van der Waals surface area (Å²) in [5, 5.41) is 38.7. The fourth-order valence-electron chi connectivity index (χ4n) is 0.526. The van der Waals surface area contributed by atoms with Crippen molar-refractivity contribution in [2.45, 2.75) is 24.9 Å². The molecule has 0 aromatic rings. The average Bonchev–Trinajstić information content (AvgIpc) is 2.16. The Morgan fingerprint density at radius 2 is 0.818 bits per heavy atom. The van der Waals surface area contributed by atoms with Crippen LogP contribution in [0.1, 0.15) is 12.8 Å². The predicted molar refractivity (Wildman–Crippen MR) is 45.2 cm³/mol. The molecule has 0 aliphatic carbocycles. The van der Waals surface area contributed by atoms with Gasteiger partial charge in [-0.15, -0.1) is 0 Å². The molecule has 0 rings (SSSR count). The fourth-order valence-corrected chi connectivity index (χ4v) is 0.526. The van der Waals surface area contributed by atoms with Crippen molar-refractivity contribution >= 4 is 23.9 Å². The van der Waals surface area contributed by atoms with E-state index in [4.69, 9.17) is 11.5 Å². The minimum atomic E-state index is -1.58. The van der Waals surface area contributed by atoms with Crippen LogP contribution in [0.2, 0.25) is 0 Å². The summed E-state index contributed by atoms with van der Waals surface area (Å²) < 4.78 is 0. The van der Waals surface area contributed by atoms with Gasteiger partial charge in [-0.1, -0.05) is 0 Å². The Labute approximate surface area is 296 Å². The van der Waals surface area contributed by atoms with Crippen molar-refractivity contribution in [1.82, 2.24) is 0 Å². The largest absolute Gasteiger partial charge is 1.00 e. The minimum Gasteiger partial charge on any atom is -0.550 e. The molecule has 2 atom stereocenters. The van der Waals surface area contributed by atoms with Gasteiger partial charge < -0.3 is 51.1 Å². The first kappa shape index (κ1) is 40.9. The smallest absolute Gasteiger partial charge is 0.550 e. The van der Waals surface area contributed by atoms with Crippen LogP contribution in [0.5, 0.6) is 0 Å². The van der Waals surface area contributed by atoms with E-state index in [1.165, 1.54) is 0 Å². The molecule has 104 valence electrons. The van der Waals surface area contributed by atoms with Gasteiger partial charge >= 0.3 is 206 Å². The minimum absolute atomic E-state index is 0. The molecule has 0 saturated heterocycles. The van der Waals surface area contributed by atoms with E-state index in [1.807, 2.05) is 0 Å². The summed E-state index contributed by atoms with van der Waals surface area (Å²) in [6.07, 6.45) is -1.41. The molecule has 0 unspecified atom stereocenters. The van der Waals surface area contributed by atoms with E-state index in [2.05, 4.69) is 0 Å². The third kappa shape index (κ3) is 32.1. The Balaban J connectivity index is -0.0000000492. The number of carboxylic acids is 4. The maximum absolute atomic E-state index is 9.71. The van der Waals surface area contributed by atoms with E-state index < -0.39 is 48.8 Å². The van der Waals surface area contributed by atoms with Crippen molar-refractivity contribution in [3.8, 4) is 0 Å². The standard InChI is InChI=1S/2C4H7NO4.4K/c2*5-2(4(8)9)1-3(6)7;;;;/h2*2H,1,5H2,(H,6,7)(H,8,9);;;;/q;;4*+1/p-4/t2*2-;;;;/m00..../s1. The summed E-state index contributed by atoms with van der Waals surface area (Å²) >= 11 is 0. The number of aliphatic carboxylic acids is 4. The van der Waals surface area contributed by atoms with Crippen LogP contribution in [-0.4, -0.2) is 36.0 Å². The van der Waals surface area contributed by atoms with Gasteiger partial charge in [0.25, 0.3) is 0 Å². The van der Waals surface area contributed by atoms with Gasteiger partial charge in [0.2, 0.25) is 0 Å². The Morgan fingerprint density at radius 3 is 0.864 bits per heavy atom. The van der Waals surface area contributed by atoms with Gasteiger partial charge in [-0.25, -0.2) is 0 Å². The van der Waals surface area contributed by atoms with E-state index in [9.17, 15) is 39.6 Å². The molecule has 0 aliphatic heterocycles. The van der Waals surface area contributed by atoms with Crippen LogP contribution in [0.4, 0.5) is 0 Å². The fraction of sp³-hybridized carbons (Fsp3) is 0.500.